The number of nitrogens with zero attached hydrogens (tertiary/aromatic N) is 2. The second kappa shape index (κ2) is 7.55. The van der Waals surface area contributed by atoms with Crippen molar-refractivity contribution in [3.05, 3.63) is 23.5 Å². The summed E-state index contributed by atoms with van der Waals surface area (Å²) >= 11 is 0.553. The summed E-state index contributed by atoms with van der Waals surface area (Å²) < 4.78 is 91.3. The molecular weight excluding hydrogens is 425 g/mol. The number of anilines is 1. The van der Waals surface area contributed by atoms with Crippen molar-refractivity contribution >= 4 is 23.4 Å². The highest BCUT2D eigenvalue weighted by Gasteiger charge is 2.69. The van der Waals surface area contributed by atoms with Crippen LogP contribution in [0.3, 0.4) is 0 Å². The van der Waals surface area contributed by atoms with Crippen LogP contribution in [0.5, 0.6) is 0 Å². The third-order valence-electron chi connectivity index (χ3n) is 5.25. The summed E-state index contributed by atoms with van der Waals surface area (Å²) in [4.78, 5) is 15.3. The molecule has 0 atom stereocenters. The van der Waals surface area contributed by atoms with Crippen LogP contribution in [0.2, 0.25) is 0 Å². The van der Waals surface area contributed by atoms with Gasteiger partial charge in [0.25, 0.3) is 0 Å². The number of alkyl halides is 6. The van der Waals surface area contributed by atoms with Crippen LogP contribution in [-0.4, -0.2) is 55.1 Å². The van der Waals surface area contributed by atoms with Gasteiger partial charge in [-0.15, -0.1) is 11.8 Å². The van der Waals surface area contributed by atoms with E-state index in [0.717, 1.165) is 11.0 Å². The average molecular weight is 444 g/mol. The lowest BCUT2D eigenvalue weighted by Crippen LogP contribution is -2.53. The fraction of sp³-hybridized carbons (Fsp3) is 0.611. The summed E-state index contributed by atoms with van der Waals surface area (Å²) in [6.07, 6.45) is -9.40. The molecule has 0 spiro atoms. The van der Waals surface area contributed by atoms with E-state index < -0.39 is 35.2 Å². The SMILES string of the molecule is Cc1cc(F)c(N2CCN(C(=O)C3(C(F)(F)F)CC3)CC2)cc1SCC(F)(F)F. The molecule has 2 aliphatic rings. The van der Waals surface area contributed by atoms with E-state index in [-0.39, 0.29) is 49.6 Å². The Labute approximate surface area is 167 Å². The minimum absolute atomic E-state index is 0.00495. The largest absolute Gasteiger partial charge is 0.403 e. The van der Waals surface area contributed by atoms with E-state index in [2.05, 4.69) is 0 Å². The number of aryl methyl sites for hydroxylation is 1. The average Bonchev–Trinajstić information content (AvgIpc) is 3.42. The van der Waals surface area contributed by atoms with Gasteiger partial charge in [-0.2, -0.15) is 26.3 Å². The lowest BCUT2D eigenvalue weighted by atomic mass is 10.0. The number of rotatable bonds is 4. The molecule has 0 aromatic heterocycles. The first-order valence-electron chi connectivity index (χ1n) is 8.95. The van der Waals surface area contributed by atoms with Gasteiger partial charge in [-0.05, 0) is 37.5 Å². The summed E-state index contributed by atoms with van der Waals surface area (Å²) in [5.74, 6) is -2.68. The summed E-state index contributed by atoms with van der Waals surface area (Å²) in [6, 6.07) is 2.48. The van der Waals surface area contributed by atoms with E-state index in [4.69, 9.17) is 0 Å². The number of carbonyl (C=O) groups is 1. The van der Waals surface area contributed by atoms with Crippen molar-refractivity contribution in [3.8, 4) is 0 Å². The van der Waals surface area contributed by atoms with Crippen LogP contribution < -0.4 is 4.90 Å². The quantitative estimate of drug-likeness (QED) is 0.493. The van der Waals surface area contributed by atoms with Crippen molar-refractivity contribution in [1.29, 1.82) is 0 Å². The van der Waals surface area contributed by atoms with Crippen molar-refractivity contribution in [2.75, 3.05) is 36.8 Å². The maximum absolute atomic E-state index is 14.4. The van der Waals surface area contributed by atoms with Crippen LogP contribution in [0.25, 0.3) is 0 Å². The zero-order valence-electron chi connectivity index (χ0n) is 15.5. The first kappa shape index (κ1) is 22.0. The zero-order chi connectivity index (χ0) is 21.6. The zero-order valence-corrected chi connectivity index (χ0v) is 16.3. The smallest absolute Gasteiger partial charge is 0.366 e. The molecule has 0 radical (unpaired) electrons. The normalized spacial score (nSPS) is 19.4. The van der Waals surface area contributed by atoms with Crippen molar-refractivity contribution in [3.63, 3.8) is 0 Å². The molecule has 1 aliphatic carbocycles. The van der Waals surface area contributed by atoms with E-state index in [9.17, 15) is 35.5 Å². The third kappa shape index (κ3) is 4.59. The van der Waals surface area contributed by atoms with Gasteiger partial charge in [0.1, 0.15) is 11.2 Å². The minimum atomic E-state index is -4.59. The lowest BCUT2D eigenvalue weighted by molar-refractivity contribution is -0.198. The van der Waals surface area contributed by atoms with Gasteiger partial charge >= 0.3 is 12.4 Å². The third-order valence-corrected chi connectivity index (χ3v) is 6.47. The highest BCUT2D eigenvalue weighted by atomic mass is 32.2. The Morgan fingerprint density at radius 3 is 2.14 bits per heavy atom. The molecule has 0 N–H and O–H groups in total. The number of hydrogen-bond donors (Lipinski definition) is 0. The van der Waals surface area contributed by atoms with Gasteiger partial charge in [-0.25, -0.2) is 4.39 Å². The Morgan fingerprint density at radius 1 is 1.07 bits per heavy atom. The van der Waals surface area contributed by atoms with Crippen LogP contribution in [0, 0.1) is 18.2 Å². The van der Waals surface area contributed by atoms with E-state index in [1.807, 2.05) is 0 Å². The molecule has 1 aromatic rings. The van der Waals surface area contributed by atoms with Gasteiger partial charge < -0.3 is 9.80 Å². The molecule has 2 fully saturated rings. The number of piperazine rings is 1. The monoisotopic (exact) mass is 444 g/mol. The molecule has 1 aliphatic heterocycles. The molecule has 3 rings (SSSR count). The van der Waals surface area contributed by atoms with Crippen LogP contribution >= 0.6 is 11.8 Å². The highest BCUT2D eigenvalue weighted by Crippen LogP contribution is 2.58. The fourth-order valence-corrected chi connectivity index (χ4v) is 4.20. The molecule has 1 heterocycles. The Balaban J connectivity index is 1.68. The molecule has 1 aromatic carbocycles. The minimum Gasteiger partial charge on any atom is -0.366 e. The first-order chi connectivity index (χ1) is 13.3. The van der Waals surface area contributed by atoms with E-state index in [1.165, 1.54) is 13.0 Å². The number of amides is 1. The molecule has 29 heavy (non-hydrogen) atoms. The van der Waals surface area contributed by atoms with Crippen molar-refractivity contribution in [2.24, 2.45) is 5.41 Å². The number of thioether (sulfide) groups is 1. The van der Waals surface area contributed by atoms with Gasteiger partial charge in [-0.3, -0.25) is 4.79 Å². The van der Waals surface area contributed by atoms with Crippen LogP contribution in [0.1, 0.15) is 18.4 Å². The Morgan fingerprint density at radius 2 is 1.66 bits per heavy atom. The Kier molecular flexibility index (Phi) is 5.74. The number of carbonyl (C=O) groups excluding carboxylic acids is 1. The highest BCUT2D eigenvalue weighted by molar-refractivity contribution is 7.99. The molecule has 162 valence electrons. The molecule has 1 saturated carbocycles. The predicted octanol–water partition coefficient (Wildman–Crippen LogP) is 4.78. The van der Waals surface area contributed by atoms with Crippen molar-refractivity contribution < 1.29 is 35.5 Å². The molecule has 0 bridgehead atoms. The second-order valence-electron chi connectivity index (χ2n) is 7.33. The summed E-state index contributed by atoms with van der Waals surface area (Å²) in [7, 11) is 0. The number of halogens is 7. The number of benzene rings is 1. The van der Waals surface area contributed by atoms with Gasteiger partial charge in [0.05, 0.1) is 11.4 Å². The molecule has 1 amide bonds. The van der Waals surface area contributed by atoms with Gasteiger partial charge in [0.15, 0.2) is 0 Å². The standard InChI is InChI=1S/C18H19F7N2OS/c1-11-8-12(19)13(9-14(11)29-10-17(20,21)22)26-4-6-27(7-5-26)15(28)16(2-3-16)18(23,24)25/h8-9H,2-7,10H2,1H3. The van der Waals surface area contributed by atoms with Crippen LogP contribution in [0.4, 0.5) is 36.4 Å². The molecule has 3 nitrogen and oxygen atoms in total. The molecule has 1 saturated heterocycles. The maximum atomic E-state index is 14.4. The second-order valence-corrected chi connectivity index (χ2v) is 8.35. The van der Waals surface area contributed by atoms with E-state index in [0.29, 0.717) is 17.3 Å². The summed E-state index contributed by atoms with van der Waals surface area (Å²) in [5, 5.41) is 0. The predicted molar refractivity (Wildman–Crippen MR) is 94.4 cm³/mol. The maximum Gasteiger partial charge on any atom is 0.403 e. The van der Waals surface area contributed by atoms with E-state index >= 15 is 0 Å². The topological polar surface area (TPSA) is 23.6 Å². The van der Waals surface area contributed by atoms with Crippen molar-refractivity contribution in [2.45, 2.75) is 37.0 Å². The Bertz CT molecular complexity index is 782. The van der Waals surface area contributed by atoms with Crippen LogP contribution in [-0.2, 0) is 4.79 Å². The van der Waals surface area contributed by atoms with Gasteiger partial charge in [0, 0.05) is 31.1 Å². The fourth-order valence-electron chi connectivity index (χ4n) is 3.40. The van der Waals surface area contributed by atoms with E-state index in [1.54, 1.807) is 4.90 Å². The summed E-state index contributed by atoms with van der Waals surface area (Å²) in [5.41, 5.74) is -1.83. The molecule has 0 unspecified atom stereocenters. The van der Waals surface area contributed by atoms with Crippen LogP contribution in [0.15, 0.2) is 17.0 Å². The number of hydrogen-bond acceptors (Lipinski definition) is 3. The molecular formula is C18H19F7N2OS. The first-order valence-corrected chi connectivity index (χ1v) is 9.93. The summed E-state index contributed by atoms with van der Waals surface area (Å²) in [6.45, 7) is 1.70. The Hall–Kier alpha value is -1.65. The van der Waals surface area contributed by atoms with Gasteiger partial charge in [0.2, 0.25) is 5.91 Å². The lowest BCUT2D eigenvalue weighted by Gasteiger charge is -2.38. The molecule has 11 heteroatoms. The van der Waals surface area contributed by atoms with Gasteiger partial charge in [-0.1, -0.05) is 0 Å². The van der Waals surface area contributed by atoms with Crippen molar-refractivity contribution in [1.82, 2.24) is 4.90 Å².